The maximum atomic E-state index is 14.0. The number of alkyl halides is 3. The molecule has 13 heteroatoms. The van der Waals surface area contributed by atoms with E-state index in [1.54, 1.807) is 42.5 Å². The van der Waals surface area contributed by atoms with Crippen LogP contribution in [-0.2, 0) is 22.4 Å². The summed E-state index contributed by atoms with van der Waals surface area (Å²) in [7, 11) is 0. The normalized spacial score (nSPS) is 20.2. The number of rotatable bonds is 5. The molecule has 3 aromatic carbocycles. The molecule has 3 atom stereocenters. The van der Waals surface area contributed by atoms with Crippen LogP contribution in [0.1, 0.15) is 27.5 Å². The van der Waals surface area contributed by atoms with Gasteiger partial charge in [0, 0.05) is 26.4 Å². The molecular weight excluding hydrogens is 620 g/mol. The summed E-state index contributed by atoms with van der Waals surface area (Å²) in [6, 6.07) is 16.3. The average molecular weight is 637 g/mol. The van der Waals surface area contributed by atoms with Gasteiger partial charge in [-0.2, -0.15) is 13.2 Å². The maximum absolute atomic E-state index is 14.0. The molecule has 1 N–H and O–H groups in total. The highest BCUT2D eigenvalue weighted by Gasteiger charge is 2.57. The van der Waals surface area contributed by atoms with E-state index < -0.39 is 51.2 Å². The zero-order valence-corrected chi connectivity index (χ0v) is 23.7. The molecule has 2 aliphatic heterocycles. The molecule has 6 nitrogen and oxygen atoms in total. The lowest BCUT2D eigenvalue weighted by atomic mass is 9.82. The summed E-state index contributed by atoms with van der Waals surface area (Å²) < 4.78 is 47.8. The van der Waals surface area contributed by atoms with Gasteiger partial charge in [0.1, 0.15) is 17.6 Å². The highest BCUT2D eigenvalue weighted by atomic mass is 35.5. The Morgan fingerprint density at radius 1 is 0.927 bits per heavy atom. The lowest BCUT2D eigenvalue weighted by Gasteiger charge is -2.31. The summed E-state index contributed by atoms with van der Waals surface area (Å²) >= 11 is 14.2. The fraction of sp³-hybridized carbons (Fsp3) is 0.179. The predicted molar refractivity (Wildman–Crippen MR) is 151 cm³/mol. The number of aromatic nitrogens is 1. The SMILES string of the molecule is O=C1[C@H]2[C@H](c3cc(Cl)ccc3OCc3ccc(Cl)cc3)c3sc(=O)[nH]c3S[C@H]2C(=O)N1c1ccccc1C(F)(F)F. The molecule has 0 bridgehead atoms. The number of nitrogens with zero attached hydrogens (tertiary/aromatic N) is 1. The lowest BCUT2D eigenvalue weighted by Crippen LogP contribution is -2.33. The number of nitrogens with one attached hydrogen (secondary N) is 1. The summed E-state index contributed by atoms with van der Waals surface area (Å²) in [5.41, 5.74) is -0.391. The van der Waals surface area contributed by atoms with Crippen LogP contribution in [0.15, 0.2) is 76.6 Å². The molecule has 6 rings (SSSR count). The number of fused-ring (bicyclic) bond motifs is 2. The lowest BCUT2D eigenvalue weighted by molar-refractivity contribution is -0.137. The topological polar surface area (TPSA) is 79.5 Å². The Hall–Kier alpha value is -3.25. The van der Waals surface area contributed by atoms with Crippen molar-refractivity contribution < 1.29 is 27.5 Å². The van der Waals surface area contributed by atoms with Crippen molar-refractivity contribution in [1.82, 2.24) is 4.98 Å². The Morgan fingerprint density at radius 2 is 1.63 bits per heavy atom. The second-order valence-corrected chi connectivity index (χ2v) is 12.4. The van der Waals surface area contributed by atoms with Gasteiger partial charge >= 0.3 is 11.0 Å². The molecular formula is C28H17Cl2F3N2O4S2. The minimum Gasteiger partial charge on any atom is -0.489 e. The quantitative estimate of drug-likeness (QED) is 0.236. The first kappa shape index (κ1) is 27.9. The third-order valence-corrected chi connectivity index (χ3v) is 9.78. The molecule has 1 fully saturated rings. The van der Waals surface area contributed by atoms with Crippen LogP contribution in [0.5, 0.6) is 5.75 Å². The van der Waals surface area contributed by atoms with Crippen LogP contribution >= 0.6 is 46.3 Å². The summed E-state index contributed by atoms with van der Waals surface area (Å²) in [6.07, 6.45) is -4.79. The van der Waals surface area contributed by atoms with Crippen molar-refractivity contribution in [3.05, 3.63) is 108 Å². The number of thioether (sulfide) groups is 1. The van der Waals surface area contributed by atoms with E-state index in [4.69, 9.17) is 27.9 Å². The third-order valence-electron chi connectivity index (χ3n) is 6.89. The van der Waals surface area contributed by atoms with Gasteiger partial charge in [-0.1, -0.05) is 70.6 Å². The molecule has 0 unspecified atom stereocenters. The highest BCUT2D eigenvalue weighted by molar-refractivity contribution is 8.00. The number of benzene rings is 3. The van der Waals surface area contributed by atoms with E-state index in [1.165, 1.54) is 12.1 Å². The minimum absolute atomic E-state index is 0.134. The van der Waals surface area contributed by atoms with Gasteiger partial charge in [-0.25, -0.2) is 4.90 Å². The zero-order valence-electron chi connectivity index (χ0n) is 20.6. The van der Waals surface area contributed by atoms with E-state index in [1.807, 2.05) is 0 Å². The predicted octanol–water partition coefficient (Wildman–Crippen LogP) is 7.14. The number of halogens is 5. The number of carbonyl (C=O) groups excluding carboxylic acids is 2. The number of H-pyrrole nitrogens is 1. The van der Waals surface area contributed by atoms with Gasteiger partial charge < -0.3 is 9.72 Å². The molecule has 2 aliphatic rings. The van der Waals surface area contributed by atoms with Crippen LogP contribution in [-0.4, -0.2) is 22.0 Å². The van der Waals surface area contributed by atoms with E-state index in [0.29, 0.717) is 36.2 Å². The first-order chi connectivity index (χ1) is 19.5. The monoisotopic (exact) mass is 636 g/mol. The average Bonchev–Trinajstić information content (AvgIpc) is 3.42. The van der Waals surface area contributed by atoms with Crippen molar-refractivity contribution in [2.24, 2.45) is 5.92 Å². The van der Waals surface area contributed by atoms with Gasteiger partial charge in [0.05, 0.1) is 22.2 Å². The molecule has 210 valence electrons. The number of hydrogen-bond donors (Lipinski definition) is 1. The Morgan fingerprint density at radius 3 is 2.37 bits per heavy atom. The zero-order chi connectivity index (χ0) is 29.1. The van der Waals surface area contributed by atoms with Crippen molar-refractivity contribution in [3.63, 3.8) is 0 Å². The van der Waals surface area contributed by atoms with Crippen LogP contribution in [0, 0.1) is 5.92 Å². The van der Waals surface area contributed by atoms with Crippen molar-refractivity contribution in [3.8, 4) is 5.75 Å². The van der Waals surface area contributed by atoms with Gasteiger partial charge in [0.25, 0.3) is 0 Å². The first-order valence-corrected chi connectivity index (χ1v) is 14.6. The molecule has 0 saturated carbocycles. The van der Waals surface area contributed by atoms with Gasteiger partial charge in [-0.05, 0) is 48.0 Å². The van der Waals surface area contributed by atoms with Crippen molar-refractivity contribution in [2.75, 3.05) is 4.90 Å². The second-order valence-electron chi connectivity index (χ2n) is 9.37. The van der Waals surface area contributed by atoms with Crippen LogP contribution in [0.2, 0.25) is 10.0 Å². The molecule has 3 heterocycles. The van der Waals surface area contributed by atoms with E-state index in [0.717, 1.165) is 40.8 Å². The smallest absolute Gasteiger partial charge is 0.418 e. The summed E-state index contributed by atoms with van der Waals surface area (Å²) in [6.45, 7) is 0.134. The number of hydrogen-bond acceptors (Lipinski definition) is 6. The Labute approximate surface area is 249 Å². The number of thiazole rings is 1. The summed E-state index contributed by atoms with van der Waals surface area (Å²) in [5.74, 6) is -3.26. The standard InChI is InChI=1S/C28H17Cl2F3N2O4S2/c29-14-7-5-13(6-8-14)12-39-19-10-9-15(30)11-16(19)20-21-23(40-24-22(20)41-27(38)34-24)26(37)35(25(21)36)18-4-2-1-3-17(18)28(31,32)33/h1-11,20-21,23H,12H2,(H,34,38)/t20-,21-,23+/m0/s1. The number of ether oxygens (including phenoxy) is 1. The van der Waals surface area contributed by atoms with E-state index >= 15 is 0 Å². The molecule has 2 amide bonds. The first-order valence-electron chi connectivity index (χ1n) is 12.1. The van der Waals surface area contributed by atoms with Crippen LogP contribution in [0.4, 0.5) is 18.9 Å². The fourth-order valence-electron chi connectivity index (χ4n) is 5.13. The molecule has 0 spiro atoms. The number of imide groups is 1. The van der Waals surface area contributed by atoms with Crippen LogP contribution < -0.4 is 14.5 Å². The van der Waals surface area contributed by atoms with E-state index in [2.05, 4.69) is 4.98 Å². The molecule has 1 saturated heterocycles. The number of para-hydroxylation sites is 1. The number of aromatic amines is 1. The van der Waals surface area contributed by atoms with Gasteiger partial charge in [0.15, 0.2) is 0 Å². The number of amides is 2. The van der Waals surface area contributed by atoms with Crippen molar-refractivity contribution >= 4 is 63.8 Å². The Kier molecular flexibility index (Phi) is 7.17. The van der Waals surface area contributed by atoms with Gasteiger partial charge in [-0.15, -0.1) is 0 Å². The van der Waals surface area contributed by atoms with Crippen molar-refractivity contribution in [1.29, 1.82) is 0 Å². The Bertz CT molecular complexity index is 1740. The van der Waals surface area contributed by atoms with E-state index in [9.17, 15) is 27.6 Å². The summed E-state index contributed by atoms with van der Waals surface area (Å²) in [5, 5.41) is 0.161. The van der Waals surface area contributed by atoms with Gasteiger partial charge in [0.2, 0.25) is 11.8 Å². The van der Waals surface area contributed by atoms with Crippen molar-refractivity contribution in [2.45, 2.75) is 29.0 Å². The number of anilines is 1. The highest BCUT2D eigenvalue weighted by Crippen LogP contribution is 2.55. The third kappa shape index (κ3) is 5.05. The van der Waals surface area contributed by atoms with Crippen LogP contribution in [0.25, 0.3) is 0 Å². The van der Waals surface area contributed by atoms with E-state index in [-0.39, 0.29) is 6.61 Å². The molecule has 0 radical (unpaired) electrons. The molecule has 4 aromatic rings. The largest absolute Gasteiger partial charge is 0.489 e. The minimum atomic E-state index is -4.79. The summed E-state index contributed by atoms with van der Waals surface area (Å²) in [4.78, 5) is 43.5. The van der Waals surface area contributed by atoms with Crippen LogP contribution in [0.3, 0.4) is 0 Å². The maximum Gasteiger partial charge on any atom is 0.418 e. The molecule has 0 aliphatic carbocycles. The second kappa shape index (κ2) is 10.5. The fourth-order valence-corrected chi connectivity index (χ4v) is 7.95. The van der Waals surface area contributed by atoms with Gasteiger partial charge in [-0.3, -0.25) is 14.4 Å². The Balaban J connectivity index is 1.46. The number of carbonyl (C=O) groups is 2. The molecule has 1 aromatic heterocycles. The molecule has 41 heavy (non-hydrogen) atoms.